The number of aliphatic hydroxyl groups excluding tert-OH is 1. The van der Waals surface area contributed by atoms with Crippen LogP contribution in [0, 0.1) is 6.92 Å². The van der Waals surface area contributed by atoms with Crippen LogP contribution in [0.1, 0.15) is 29.5 Å². The van der Waals surface area contributed by atoms with Crippen LogP contribution in [0.3, 0.4) is 0 Å². The van der Waals surface area contributed by atoms with Crippen LogP contribution in [0.15, 0.2) is 73.3 Å². The quantitative estimate of drug-likeness (QED) is 0.399. The number of carboxylic acid groups (broad SMARTS) is 1. The molecule has 0 radical (unpaired) electrons. The highest BCUT2D eigenvalue weighted by atomic mass is 16.4. The Morgan fingerprint density at radius 2 is 1.90 bits per heavy atom. The highest BCUT2D eigenvalue weighted by Gasteiger charge is 2.16. The zero-order valence-electron chi connectivity index (χ0n) is 17.1. The molecule has 4 rings (SSSR count). The van der Waals surface area contributed by atoms with Crippen LogP contribution >= 0.6 is 0 Å². The van der Waals surface area contributed by atoms with E-state index in [1.54, 1.807) is 18.6 Å². The van der Waals surface area contributed by atoms with E-state index in [1.807, 2.05) is 66.2 Å². The van der Waals surface area contributed by atoms with Crippen molar-refractivity contribution in [2.75, 3.05) is 0 Å². The number of nitrogens with zero attached hydrogens (tertiary/aromatic N) is 3. The van der Waals surface area contributed by atoms with Gasteiger partial charge in [-0.25, -0.2) is 4.98 Å². The molecule has 4 aromatic rings. The van der Waals surface area contributed by atoms with Gasteiger partial charge >= 0.3 is 5.97 Å². The van der Waals surface area contributed by atoms with Crippen molar-refractivity contribution in [2.45, 2.75) is 26.0 Å². The van der Waals surface area contributed by atoms with E-state index in [2.05, 4.69) is 9.55 Å². The first-order chi connectivity index (χ1) is 14.9. The average Bonchev–Trinajstić information content (AvgIpc) is 3.42. The molecule has 2 aromatic carbocycles. The lowest BCUT2D eigenvalue weighted by Gasteiger charge is -2.18. The summed E-state index contributed by atoms with van der Waals surface area (Å²) in [5.41, 5.74) is 12.0. The molecule has 0 aliphatic carbocycles. The molecule has 158 valence electrons. The van der Waals surface area contributed by atoms with Crippen LogP contribution in [0.5, 0.6) is 0 Å². The van der Waals surface area contributed by atoms with Gasteiger partial charge in [0.05, 0.1) is 18.4 Å². The maximum absolute atomic E-state index is 11.2. The van der Waals surface area contributed by atoms with E-state index in [0.29, 0.717) is 12.0 Å². The SMILES string of the molecule is Cc1cc(C(N)O)ccc1-n1c(CCC(=O)O)ccc1-c1ccc(-n2ccnc2)cc1. The number of hydrogen-bond acceptors (Lipinski definition) is 4. The van der Waals surface area contributed by atoms with Crippen LogP contribution in [0.2, 0.25) is 0 Å². The summed E-state index contributed by atoms with van der Waals surface area (Å²) in [4.78, 5) is 15.3. The third-order valence-electron chi connectivity index (χ3n) is 5.33. The average molecular weight is 416 g/mol. The predicted octanol–water partition coefficient (Wildman–Crippen LogP) is 3.61. The van der Waals surface area contributed by atoms with Gasteiger partial charge in [-0.05, 0) is 60.4 Å². The van der Waals surface area contributed by atoms with Crippen molar-refractivity contribution in [3.8, 4) is 22.6 Å². The summed E-state index contributed by atoms with van der Waals surface area (Å²) in [5, 5.41) is 18.9. The van der Waals surface area contributed by atoms with E-state index >= 15 is 0 Å². The largest absolute Gasteiger partial charge is 0.481 e. The summed E-state index contributed by atoms with van der Waals surface area (Å²) in [6.45, 7) is 1.95. The molecular weight excluding hydrogens is 392 g/mol. The molecule has 7 heteroatoms. The number of carbonyl (C=O) groups is 1. The Hall–Kier alpha value is -3.68. The molecule has 0 saturated heterocycles. The molecule has 1 atom stereocenters. The van der Waals surface area contributed by atoms with Crippen molar-refractivity contribution >= 4 is 5.97 Å². The van der Waals surface area contributed by atoms with Gasteiger partial charge in [0.2, 0.25) is 0 Å². The molecule has 0 aliphatic rings. The first-order valence-corrected chi connectivity index (χ1v) is 10.00. The number of aliphatic hydroxyl groups is 1. The molecule has 0 aliphatic heterocycles. The molecule has 0 fully saturated rings. The van der Waals surface area contributed by atoms with E-state index in [4.69, 9.17) is 5.73 Å². The van der Waals surface area contributed by atoms with E-state index < -0.39 is 12.2 Å². The van der Waals surface area contributed by atoms with Crippen LogP contribution in [0.25, 0.3) is 22.6 Å². The summed E-state index contributed by atoms with van der Waals surface area (Å²) < 4.78 is 4.01. The summed E-state index contributed by atoms with van der Waals surface area (Å²) in [6, 6.07) is 17.6. The number of imidazole rings is 1. The lowest BCUT2D eigenvalue weighted by atomic mass is 10.1. The van der Waals surface area contributed by atoms with Crippen molar-refractivity contribution in [1.29, 1.82) is 0 Å². The third kappa shape index (κ3) is 4.28. The van der Waals surface area contributed by atoms with Crippen molar-refractivity contribution < 1.29 is 15.0 Å². The topological polar surface area (TPSA) is 106 Å². The van der Waals surface area contributed by atoms with Crippen molar-refractivity contribution in [3.05, 3.63) is 90.1 Å². The minimum absolute atomic E-state index is 0.0433. The van der Waals surface area contributed by atoms with Gasteiger partial charge in [-0.15, -0.1) is 0 Å². The van der Waals surface area contributed by atoms with Crippen molar-refractivity contribution in [2.24, 2.45) is 5.73 Å². The second kappa shape index (κ2) is 8.59. The molecule has 0 bridgehead atoms. The van der Waals surface area contributed by atoms with Crippen molar-refractivity contribution in [3.63, 3.8) is 0 Å². The highest BCUT2D eigenvalue weighted by Crippen LogP contribution is 2.30. The molecule has 0 amide bonds. The molecule has 2 aromatic heterocycles. The fraction of sp³-hybridized carbons (Fsp3) is 0.167. The lowest BCUT2D eigenvalue weighted by Crippen LogP contribution is -2.10. The minimum atomic E-state index is -1.04. The Morgan fingerprint density at radius 3 is 2.52 bits per heavy atom. The lowest BCUT2D eigenvalue weighted by molar-refractivity contribution is -0.136. The summed E-state index contributed by atoms with van der Waals surface area (Å²) >= 11 is 0. The number of nitrogens with two attached hydrogens (primary N) is 1. The Labute approximate surface area is 180 Å². The van der Waals surface area contributed by atoms with Gasteiger partial charge in [0, 0.05) is 29.5 Å². The maximum Gasteiger partial charge on any atom is 0.303 e. The number of rotatable bonds is 7. The molecule has 2 heterocycles. The van der Waals surface area contributed by atoms with Gasteiger partial charge in [0.1, 0.15) is 6.23 Å². The van der Waals surface area contributed by atoms with E-state index in [-0.39, 0.29) is 6.42 Å². The summed E-state index contributed by atoms with van der Waals surface area (Å²) in [6.07, 6.45) is 4.78. The first kappa shape index (κ1) is 20.6. The molecular formula is C24H24N4O3. The van der Waals surface area contributed by atoms with Gasteiger partial charge in [-0.3, -0.25) is 4.79 Å². The molecule has 0 saturated carbocycles. The zero-order valence-corrected chi connectivity index (χ0v) is 17.1. The Bertz CT molecular complexity index is 1190. The smallest absolute Gasteiger partial charge is 0.303 e. The zero-order chi connectivity index (χ0) is 22.0. The second-order valence-corrected chi connectivity index (χ2v) is 7.45. The second-order valence-electron chi connectivity index (χ2n) is 7.45. The monoisotopic (exact) mass is 416 g/mol. The Morgan fingerprint density at radius 1 is 1.13 bits per heavy atom. The van der Waals surface area contributed by atoms with Crippen LogP contribution < -0.4 is 5.73 Å². The number of aryl methyl sites for hydroxylation is 2. The molecule has 31 heavy (non-hydrogen) atoms. The number of benzene rings is 2. The molecule has 0 spiro atoms. The van der Waals surface area contributed by atoms with Crippen molar-refractivity contribution in [1.82, 2.24) is 14.1 Å². The Kier molecular flexibility index (Phi) is 5.70. The third-order valence-corrected chi connectivity index (χ3v) is 5.33. The number of hydrogen-bond donors (Lipinski definition) is 3. The van der Waals surface area contributed by atoms with Gasteiger partial charge in [0.25, 0.3) is 0 Å². The molecule has 7 nitrogen and oxygen atoms in total. The normalized spacial score (nSPS) is 12.1. The van der Waals surface area contributed by atoms with Gasteiger partial charge in [-0.1, -0.05) is 24.3 Å². The maximum atomic E-state index is 11.2. The number of aromatic nitrogens is 3. The van der Waals surface area contributed by atoms with Crippen LogP contribution in [-0.4, -0.2) is 30.3 Å². The predicted molar refractivity (Wildman–Crippen MR) is 118 cm³/mol. The highest BCUT2D eigenvalue weighted by molar-refractivity contribution is 5.69. The number of aliphatic carboxylic acids is 1. The van der Waals surface area contributed by atoms with Crippen LogP contribution in [-0.2, 0) is 11.2 Å². The fourth-order valence-corrected chi connectivity index (χ4v) is 3.75. The summed E-state index contributed by atoms with van der Waals surface area (Å²) in [5.74, 6) is -0.836. The number of carboxylic acids is 1. The van der Waals surface area contributed by atoms with Gasteiger partial charge in [0.15, 0.2) is 0 Å². The summed E-state index contributed by atoms with van der Waals surface area (Å²) in [7, 11) is 0. The van der Waals surface area contributed by atoms with Gasteiger partial charge < -0.3 is 25.1 Å². The standard InChI is InChI=1S/C24H24N4O3/c1-16-14-18(24(25)31)4-9-21(16)28-20(8-11-23(29)30)7-10-22(28)17-2-5-19(6-3-17)27-13-12-26-15-27/h2-7,9-10,12-15,24,31H,8,11,25H2,1H3,(H,29,30). The minimum Gasteiger partial charge on any atom is -0.481 e. The fourth-order valence-electron chi connectivity index (χ4n) is 3.75. The first-order valence-electron chi connectivity index (χ1n) is 10.00. The van der Waals surface area contributed by atoms with E-state index in [0.717, 1.165) is 33.9 Å². The van der Waals surface area contributed by atoms with Gasteiger partial charge in [-0.2, -0.15) is 0 Å². The van der Waals surface area contributed by atoms with E-state index in [1.165, 1.54) is 0 Å². The molecule has 1 unspecified atom stereocenters. The van der Waals surface area contributed by atoms with E-state index in [9.17, 15) is 15.0 Å². The van der Waals surface area contributed by atoms with Crippen LogP contribution in [0.4, 0.5) is 0 Å². The Balaban J connectivity index is 1.79. The molecule has 4 N–H and O–H groups in total.